The summed E-state index contributed by atoms with van der Waals surface area (Å²) >= 11 is 0. The molecule has 2 atom stereocenters. The number of benzene rings is 2. The van der Waals surface area contributed by atoms with Crippen LogP contribution in [0.25, 0.3) is 22.5 Å². The number of rotatable bonds is 3. The zero-order valence-corrected chi connectivity index (χ0v) is 14.1. The highest BCUT2D eigenvalue weighted by Crippen LogP contribution is 2.47. The van der Waals surface area contributed by atoms with Crippen LogP contribution in [0.4, 0.5) is 0 Å². The first-order valence-electron chi connectivity index (χ1n) is 9.06. The normalized spacial score (nSPS) is 25.2. The van der Waals surface area contributed by atoms with Crippen molar-refractivity contribution >= 4 is 0 Å². The van der Waals surface area contributed by atoms with E-state index in [1.807, 2.05) is 6.07 Å². The van der Waals surface area contributed by atoms with Crippen molar-refractivity contribution in [2.75, 3.05) is 13.1 Å². The van der Waals surface area contributed by atoms with Gasteiger partial charge in [-0.1, -0.05) is 66.2 Å². The minimum atomic E-state index is 0.0647. The molecule has 1 N–H and O–H groups in total. The maximum atomic E-state index is 5.72. The van der Waals surface area contributed by atoms with Crippen molar-refractivity contribution in [3.05, 3.63) is 60.5 Å². The lowest BCUT2D eigenvalue weighted by molar-refractivity contribution is 0.265. The molecule has 1 aliphatic carbocycles. The van der Waals surface area contributed by atoms with Crippen molar-refractivity contribution in [1.82, 2.24) is 15.5 Å². The van der Waals surface area contributed by atoms with Crippen molar-refractivity contribution in [3.63, 3.8) is 0 Å². The van der Waals surface area contributed by atoms with Gasteiger partial charge in [0.25, 0.3) is 0 Å². The number of aromatic nitrogens is 2. The summed E-state index contributed by atoms with van der Waals surface area (Å²) in [4.78, 5) is 4.78. The summed E-state index contributed by atoms with van der Waals surface area (Å²) < 4.78 is 5.72. The number of hydrogen-bond acceptors (Lipinski definition) is 4. The fraction of sp³-hybridized carbons (Fsp3) is 0.333. The molecule has 1 aromatic heterocycles. The van der Waals surface area contributed by atoms with E-state index in [9.17, 15) is 0 Å². The van der Waals surface area contributed by atoms with Crippen molar-refractivity contribution in [2.45, 2.75) is 24.7 Å². The molecule has 2 aliphatic rings. The summed E-state index contributed by atoms with van der Waals surface area (Å²) in [5.74, 6) is 2.16. The zero-order valence-electron chi connectivity index (χ0n) is 14.1. The van der Waals surface area contributed by atoms with E-state index in [-0.39, 0.29) is 5.41 Å². The molecule has 2 fully saturated rings. The number of hydrogen-bond donors (Lipinski definition) is 1. The predicted molar refractivity (Wildman–Crippen MR) is 97.1 cm³/mol. The molecule has 0 amide bonds. The van der Waals surface area contributed by atoms with Gasteiger partial charge in [0.15, 0.2) is 0 Å². The molecule has 1 saturated heterocycles. The lowest BCUT2D eigenvalue weighted by Gasteiger charge is -2.22. The second kappa shape index (κ2) is 5.81. The van der Waals surface area contributed by atoms with Gasteiger partial charge in [0, 0.05) is 12.1 Å². The lowest BCUT2D eigenvalue weighted by atomic mass is 9.80. The van der Waals surface area contributed by atoms with E-state index >= 15 is 0 Å². The summed E-state index contributed by atoms with van der Waals surface area (Å²) in [6, 6.07) is 18.8. The van der Waals surface area contributed by atoms with Crippen molar-refractivity contribution in [3.8, 4) is 22.5 Å². The fourth-order valence-corrected chi connectivity index (χ4v) is 4.49. The molecule has 4 nitrogen and oxygen atoms in total. The second-order valence-electron chi connectivity index (χ2n) is 7.24. The summed E-state index contributed by atoms with van der Waals surface area (Å²) in [5.41, 5.74) is 3.48. The average molecular weight is 331 g/mol. The summed E-state index contributed by atoms with van der Waals surface area (Å²) in [7, 11) is 0. The van der Waals surface area contributed by atoms with Gasteiger partial charge in [-0.15, -0.1) is 0 Å². The van der Waals surface area contributed by atoms with Crippen LogP contribution in [0.3, 0.4) is 0 Å². The summed E-state index contributed by atoms with van der Waals surface area (Å²) in [5, 5.41) is 7.79. The molecule has 0 radical (unpaired) electrons. The highest BCUT2D eigenvalue weighted by molar-refractivity contribution is 5.67. The van der Waals surface area contributed by atoms with Crippen LogP contribution in [0.2, 0.25) is 0 Å². The van der Waals surface area contributed by atoms with Gasteiger partial charge in [-0.05, 0) is 36.4 Å². The van der Waals surface area contributed by atoms with E-state index in [0.29, 0.717) is 11.7 Å². The van der Waals surface area contributed by atoms with Crippen molar-refractivity contribution < 1.29 is 4.52 Å². The molecular weight excluding hydrogens is 310 g/mol. The lowest BCUT2D eigenvalue weighted by Crippen LogP contribution is -2.31. The van der Waals surface area contributed by atoms with E-state index in [0.717, 1.165) is 31.0 Å². The molecule has 25 heavy (non-hydrogen) atoms. The highest BCUT2D eigenvalue weighted by atomic mass is 16.5. The Balaban J connectivity index is 1.44. The molecule has 0 spiro atoms. The number of nitrogens with one attached hydrogen (secondary N) is 1. The Hall–Kier alpha value is -2.46. The minimum Gasteiger partial charge on any atom is -0.338 e. The molecule has 126 valence electrons. The van der Waals surface area contributed by atoms with Gasteiger partial charge >= 0.3 is 0 Å². The van der Waals surface area contributed by atoms with Crippen LogP contribution in [0.1, 0.15) is 25.2 Å². The summed E-state index contributed by atoms with van der Waals surface area (Å²) in [6.07, 6.45) is 3.67. The predicted octanol–water partition coefficient (Wildman–Crippen LogP) is 4.04. The Morgan fingerprint density at radius 2 is 1.72 bits per heavy atom. The Bertz CT molecular complexity index is 860. The van der Waals surface area contributed by atoms with Crippen LogP contribution in [0, 0.1) is 5.92 Å². The van der Waals surface area contributed by atoms with Gasteiger partial charge in [-0.2, -0.15) is 4.98 Å². The summed E-state index contributed by atoms with van der Waals surface area (Å²) in [6.45, 7) is 2.04. The largest absolute Gasteiger partial charge is 0.338 e. The molecule has 2 heterocycles. The van der Waals surface area contributed by atoms with Crippen LogP contribution in [0.15, 0.2) is 59.1 Å². The molecule has 0 unspecified atom stereocenters. The first-order chi connectivity index (χ1) is 12.4. The molecular formula is C21H21N3O. The number of fused-ring (bicyclic) bond motifs is 1. The molecule has 3 aromatic rings. The monoisotopic (exact) mass is 331 g/mol. The van der Waals surface area contributed by atoms with Crippen LogP contribution in [0.5, 0.6) is 0 Å². The molecule has 5 rings (SSSR count). The van der Waals surface area contributed by atoms with Gasteiger partial charge in [-0.3, -0.25) is 0 Å². The maximum Gasteiger partial charge on any atom is 0.234 e. The highest BCUT2D eigenvalue weighted by Gasteiger charge is 2.51. The topological polar surface area (TPSA) is 51.0 Å². The molecule has 4 heteroatoms. The molecule has 1 saturated carbocycles. The van der Waals surface area contributed by atoms with Gasteiger partial charge in [-0.25, -0.2) is 0 Å². The fourth-order valence-electron chi connectivity index (χ4n) is 4.49. The maximum absolute atomic E-state index is 5.72. The smallest absolute Gasteiger partial charge is 0.234 e. The van der Waals surface area contributed by atoms with E-state index in [1.54, 1.807) is 0 Å². The Labute approximate surface area is 147 Å². The Kier molecular flexibility index (Phi) is 3.45. The number of nitrogens with zero attached hydrogens (tertiary/aromatic N) is 2. The quantitative estimate of drug-likeness (QED) is 0.787. The molecule has 0 bridgehead atoms. The zero-order chi connectivity index (χ0) is 16.7. The molecule has 2 aromatic carbocycles. The van der Waals surface area contributed by atoms with Gasteiger partial charge < -0.3 is 9.84 Å². The van der Waals surface area contributed by atoms with Crippen LogP contribution in [-0.2, 0) is 5.41 Å². The van der Waals surface area contributed by atoms with Crippen LogP contribution >= 0.6 is 0 Å². The van der Waals surface area contributed by atoms with E-state index < -0.39 is 0 Å². The van der Waals surface area contributed by atoms with Crippen LogP contribution in [-0.4, -0.2) is 23.2 Å². The Morgan fingerprint density at radius 1 is 0.960 bits per heavy atom. The van der Waals surface area contributed by atoms with E-state index in [4.69, 9.17) is 9.51 Å². The van der Waals surface area contributed by atoms with E-state index in [2.05, 4.69) is 59.0 Å². The van der Waals surface area contributed by atoms with Gasteiger partial charge in [0.2, 0.25) is 11.7 Å². The first-order valence-corrected chi connectivity index (χ1v) is 9.06. The third-order valence-electron chi connectivity index (χ3n) is 5.89. The molecule has 1 aliphatic heterocycles. The van der Waals surface area contributed by atoms with Crippen molar-refractivity contribution in [1.29, 1.82) is 0 Å². The van der Waals surface area contributed by atoms with Crippen LogP contribution < -0.4 is 5.32 Å². The van der Waals surface area contributed by atoms with Gasteiger partial charge in [0.05, 0.1) is 5.41 Å². The third kappa shape index (κ3) is 2.40. The Morgan fingerprint density at radius 3 is 2.56 bits per heavy atom. The van der Waals surface area contributed by atoms with Crippen molar-refractivity contribution in [2.24, 2.45) is 5.92 Å². The van der Waals surface area contributed by atoms with E-state index in [1.165, 1.54) is 24.0 Å². The SMILES string of the molecule is c1ccc(-c2ccc(-c3noc([C@@]45CCC[C@@H]4CNC5)n3)cc2)cc1. The second-order valence-corrected chi connectivity index (χ2v) is 7.24. The first kappa shape index (κ1) is 14.8. The average Bonchev–Trinajstić information content (AvgIpc) is 3.38. The van der Waals surface area contributed by atoms with Gasteiger partial charge in [0.1, 0.15) is 0 Å². The third-order valence-corrected chi connectivity index (χ3v) is 5.89. The standard InChI is InChI=1S/C21H21N3O/c1-2-5-15(6-3-1)16-8-10-17(11-9-16)19-23-20(25-24-19)21-12-4-7-18(21)13-22-14-21/h1-3,5-6,8-11,18,22H,4,7,12-14H2/t18-,21-/m1/s1. The minimum absolute atomic E-state index is 0.0647.